The van der Waals surface area contributed by atoms with Crippen LogP contribution in [0.5, 0.6) is 5.75 Å². The van der Waals surface area contributed by atoms with E-state index in [-0.39, 0.29) is 74.6 Å². The molecule has 82 heavy (non-hydrogen) atoms. The van der Waals surface area contributed by atoms with Crippen LogP contribution in [-0.4, -0.2) is 182 Å². The van der Waals surface area contributed by atoms with E-state index in [4.69, 9.17) is 42.5 Å². The molecule has 2 aromatic carbocycles. The van der Waals surface area contributed by atoms with Gasteiger partial charge in [-0.25, -0.2) is 22.1 Å². The van der Waals surface area contributed by atoms with Gasteiger partial charge in [0.2, 0.25) is 10.0 Å². The van der Waals surface area contributed by atoms with E-state index in [0.29, 0.717) is 37.9 Å². The minimum atomic E-state index is -3.97. The van der Waals surface area contributed by atoms with Crippen LogP contribution in [0.1, 0.15) is 110 Å². The Morgan fingerprint density at radius 2 is 1.54 bits per heavy atom. The van der Waals surface area contributed by atoms with Crippen molar-refractivity contribution in [3.63, 3.8) is 0 Å². The predicted octanol–water partition coefficient (Wildman–Crippen LogP) is 4.50. The fourth-order valence-corrected chi connectivity index (χ4v) is 15.2. The normalized spacial score (nSPS) is 35.0. The van der Waals surface area contributed by atoms with Crippen molar-refractivity contribution in [2.75, 3.05) is 52.9 Å². The van der Waals surface area contributed by atoms with Crippen molar-refractivity contribution in [2.24, 2.45) is 40.4 Å². The molecule has 9 rings (SSSR count). The summed E-state index contributed by atoms with van der Waals surface area (Å²) in [6, 6.07) is 8.62. The van der Waals surface area contributed by atoms with Gasteiger partial charge in [-0.1, -0.05) is 46.3 Å². The number of carbonyl (C=O) groups is 4. The number of nitrogens with zero attached hydrogens (tertiary/aromatic N) is 4. The van der Waals surface area contributed by atoms with Crippen LogP contribution >= 0.6 is 0 Å². The Morgan fingerprint density at radius 1 is 0.841 bits per heavy atom. The molecule has 3 saturated carbocycles. The van der Waals surface area contributed by atoms with Crippen molar-refractivity contribution < 1.29 is 90.5 Å². The molecule has 17 atom stereocenters. The third-order valence-corrected chi connectivity index (χ3v) is 20.7. The first-order valence-electron chi connectivity index (χ1n) is 28.4. The molecule has 6 aliphatic rings. The molecule has 0 bridgehead atoms. The molecule has 2 aliphatic heterocycles. The number of benzene rings is 2. The van der Waals surface area contributed by atoms with E-state index in [9.17, 15) is 48.0 Å². The smallest absolute Gasteiger partial charge is 0.338 e. The van der Waals surface area contributed by atoms with Crippen molar-refractivity contribution in [3.8, 4) is 5.75 Å². The third-order valence-electron chi connectivity index (χ3n) is 18.9. The number of rotatable bonds is 19. The molecule has 0 spiro atoms. The molecular weight excluding hydrogens is 1090 g/mol. The second-order valence-corrected chi connectivity index (χ2v) is 26.5. The lowest BCUT2D eigenvalue weighted by molar-refractivity contribution is -0.345. The van der Waals surface area contributed by atoms with Gasteiger partial charge in [0.15, 0.2) is 41.9 Å². The maximum atomic E-state index is 14.4. The van der Waals surface area contributed by atoms with Gasteiger partial charge in [0, 0.05) is 45.8 Å². The second kappa shape index (κ2) is 24.1. The summed E-state index contributed by atoms with van der Waals surface area (Å²) in [6.07, 6.45) is -6.76. The van der Waals surface area contributed by atoms with Gasteiger partial charge in [0.05, 0.1) is 43.8 Å². The fraction of sp³-hybridized carbons (Fsp3) is 0.690. The first-order chi connectivity index (χ1) is 38.7. The SMILES string of the molecule is COc1ccc(C(=O)O[C@H]2[C@H](O[C@@H]3[C@@H](OC(C)=O)[C@@H](O[C@H]4C[C@H]5[C@@H]6CC=C7C[C@@H](O)CC[C@]7(C)[C@H]6CC[C@]5(C)[C@@]4(O)[C@H](C)C(=O)CCC(C)C)OC[C@@H]3O)OC[C@@H](OC(=O)CN(C)c3ccc(S(=O)(=O)N(C)C)c4nonc34)[C@@H]2O)cc1. The topological polar surface area (TPSA) is 303 Å². The molecular formula is C58H80N4O19S. The van der Waals surface area contributed by atoms with Gasteiger partial charge in [-0.3, -0.25) is 14.4 Å². The zero-order chi connectivity index (χ0) is 59.4. The van der Waals surface area contributed by atoms with Crippen molar-refractivity contribution >= 4 is 50.4 Å². The van der Waals surface area contributed by atoms with E-state index < -0.39 is 120 Å². The number of hydrogen-bond acceptors (Lipinski definition) is 22. The van der Waals surface area contributed by atoms with Crippen molar-refractivity contribution in [1.82, 2.24) is 14.6 Å². The molecule has 3 aromatic rings. The van der Waals surface area contributed by atoms with E-state index in [1.807, 2.05) is 13.8 Å². The van der Waals surface area contributed by atoms with Gasteiger partial charge in [0.25, 0.3) is 0 Å². The fourth-order valence-electron chi connectivity index (χ4n) is 14.2. The van der Waals surface area contributed by atoms with Crippen molar-refractivity contribution in [2.45, 2.75) is 171 Å². The summed E-state index contributed by atoms with van der Waals surface area (Å²) in [6.45, 7) is 9.88. The maximum absolute atomic E-state index is 14.4. The lowest BCUT2D eigenvalue weighted by Gasteiger charge is -2.59. The Bertz CT molecular complexity index is 2970. The van der Waals surface area contributed by atoms with Crippen LogP contribution in [-0.2, 0) is 57.6 Å². The van der Waals surface area contributed by atoms with Gasteiger partial charge in [-0.2, -0.15) is 0 Å². The van der Waals surface area contributed by atoms with Crippen LogP contribution in [0.4, 0.5) is 5.69 Å². The number of likely N-dealkylation sites (N-methyl/N-ethyl adjacent to an activating group) is 1. The Balaban J connectivity index is 0.980. The van der Waals surface area contributed by atoms with Gasteiger partial charge >= 0.3 is 17.9 Å². The number of methoxy groups -OCH3 is 1. The number of sulfonamides is 1. The van der Waals surface area contributed by atoms with Gasteiger partial charge in [0.1, 0.15) is 46.9 Å². The molecule has 4 aliphatic carbocycles. The van der Waals surface area contributed by atoms with Crippen LogP contribution in [0.15, 0.2) is 57.6 Å². The monoisotopic (exact) mass is 1170 g/mol. The third kappa shape index (κ3) is 11.4. The number of anilines is 1. The Kier molecular flexibility index (Phi) is 18.0. The molecule has 4 N–H and O–H groups in total. The van der Waals surface area contributed by atoms with Crippen LogP contribution in [0, 0.1) is 40.4 Å². The Morgan fingerprint density at radius 3 is 2.22 bits per heavy atom. The number of ether oxygens (including phenoxy) is 8. The zero-order valence-corrected chi connectivity index (χ0v) is 49.1. The number of ketones is 1. The molecule has 23 nitrogen and oxygen atoms in total. The van der Waals surface area contributed by atoms with E-state index in [1.165, 1.54) is 75.1 Å². The maximum Gasteiger partial charge on any atom is 0.338 e. The van der Waals surface area contributed by atoms with Gasteiger partial charge in [-0.15, -0.1) is 0 Å². The quantitative estimate of drug-likeness (QED) is 0.0730. The van der Waals surface area contributed by atoms with E-state index in [2.05, 4.69) is 30.2 Å². The van der Waals surface area contributed by atoms with Gasteiger partial charge < -0.3 is 63.2 Å². The first kappa shape index (κ1) is 61.4. The van der Waals surface area contributed by atoms with Crippen LogP contribution < -0.4 is 9.64 Å². The number of aliphatic hydroxyl groups excluding tert-OH is 3. The minimum absolute atomic E-state index is 0.0285. The number of Topliss-reactive ketones (excluding diaryl/α,β-unsaturated/α-hetero) is 1. The molecule has 0 amide bonds. The molecule has 2 saturated heterocycles. The Labute approximate surface area is 477 Å². The number of hydrogen-bond donors (Lipinski definition) is 4. The predicted molar refractivity (Wildman–Crippen MR) is 291 cm³/mol. The van der Waals surface area contributed by atoms with Crippen LogP contribution in [0.3, 0.4) is 0 Å². The Hall–Kier alpha value is -5.15. The highest BCUT2D eigenvalue weighted by atomic mass is 32.2. The first-order valence-corrected chi connectivity index (χ1v) is 29.8. The largest absolute Gasteiger partial charge is 0.497 e. The average Bonchev–Trinajstić information content (AvgIpc) is 1.61. The molecule has 1 aromatic heterocycles. The number of carbonyl (C=O) groups excluding carboxylic acids is 4. The molecule has 3 heterocycles. The standard InChI is InChI=1S/C58H80N4O19S/c1-30(2)11-19-41(65)31(3)58(70)45(26-39-37-17-14-34-25-35(64)21-23-56(34,5)38(37)22-24-57(39,58)6)78-55-52(76-32(4)63)50(42(66)28-74-55)80-54-51(79-53(69)33-12-15-36(73-10)16-13-33)49(68)43(29-75-54)77-46(67)27-62(9)40-18-20-44(82(71,72)61(7)8)48-47(40)59-81-60-48/h12-16,18,20,30-31,35,37-39,42-43,45,49-52,54-55,64,66,68,70H,11,17,19,21-29H2,1-10H3/t31-,35+,37-,38+,39+,42+,43-,45+,49+,50+,51-,52-,54+,55-,56+,57+,58-/m1/s1. The summed E-state index contributed by atoms with van der Waals surface area (Å²) in [7, 11) is 1.71. The molecule has 0 unspecified atom stereocenters. The highest BCUT2D eigenvalue weighted by Crippen LogP contribution is 2.69. The number of aliphatic hydroxyl groups is 4. The highest BCUT2D eigenvalue weighted by Gasteiger charge is 2.71. The number of fused-ring (bicyclic) bond motifs is 6. The summed E-state index contributed by atoms with van der Waals surface area (Å²) >= 11 is 0. The lowest BCUT2D eigenvalue weighted by atomic mass is 9.46. The molecule has 24 heteroatoms. The molecule has 5 fully saturated rings. The van der Waals surface area contributed by atoms with Crippen LogP contribution in [0.25, 0.3) is 11.0 Å². The number of esters is 3. The summed E-state index contributed by atoms with van der Waals surface area (Å²) < 4.78 is 80.7. The highest BCUT2D eigenvalue weighted by molar-refractivity contribution is 7.89. The number of allylic oxidation sites excluding steroid dienone is 1. The van der Waals surface area contributed by atoms with E-state index in [1.54, 1.807) is 6.92 Å². The zero-order valence-electron chi connectivity index (χ0n) is 48.3. The lowest BCUT2D eigenvalue weighted by Crippen LogP contribution is -2.64. The van der Waals surface area contributed by atoms with Crippen molar-refractivity contribution in [1.29, 1.82) is 0 Å². The molecule has 452 valence electrons. The van der Waals surface area contributed by atoms with Crippen LogP contribution in [0.2, 0.25) is 0 Å². The van der Waals surface area contributed by atoms with Crippen molar-refractivity contribution in [3.05, 3.63) is 53.6 Å². The summed E-state index contributed by atoms with van der Waals surface area (Å²) in [5.41, 5.74) is -1.19. The van der Waals surface area contributed by atoms with Gasteiger partial charge in [-0.05, 0) is 127 Å². The number of aromatic nitrogens is 2. The minimum Gasteiger partial charge on any atom is -0.497 e. The average molecular weight is 1170 g/mol. The van der Waals surface area contributed by atoms with E-state index in [0.717, 1.165) is 30.5 Å². The second-order valence-electron chi connectivity index (χ2n) is 24.4. The summed E-state index contributed by atoms with van der Waals surface area (Å²) in [5, 5.41) is 55.9. The summed E-state index contributed by atoms with van der Waals surface area (Å²) in [4.78, 5) is 56.4. The van der Waals surface area contributed by atoms with E-state index >= 15 is 0 Å². The molecule has 0 radical (unpaired) electrons. The summed E-state index contributed by atoms with van der Waals surface area (Å²) in [5.74, 6) is -2.77.